The van der Waals surface area contributed by atoms with Crippen molar-refractivity contribution in [2.75, 3.05) is 25.4 Å². The highest BCUT2D eigenvalue weighted by molar-refractivity contribution is 7.80. The number of carboxylic acid groups (broad SMARTS) is 1. The SMILES string of the molecule is Cc1sc(N)nc1/C(=N/OC(COc1ccc(C(N)=N[C@@H]2CCNC2)cc1)C(=O)O)C(=O)N[C@@H]1C(=O)N(OS(=O)(=O)O)C1(C)C. The molecule has 20 heteroatoms. The maximum absolute atomic E-state index is 13.3. The summed E-state index contributed by atoms with van der Waals surface area (Å²) in [7, 11) is -5.02. The Bertz CT molecular complexity index is 1620. The summed E-state index contributed by atoms with van der Waals surface area (Å²) >= 11 is 1.02. The van der Waals surface area contributed by atoms with Crippen LogP contribution in [0.15, 0.2) is 34.4 Å². The highest BCUT2D eigenvalue weighted by Gasteiger charge is 2.58. The van der Waals surface area contributed by atoms with E-state index in [-0.39, 0.29) is 16.9 Å². The van der Waals surface area contributed by atoms with E-state index in [0.29, 0.717) is 27.1 Å². The number of anilines is 1. The first-order chi connectivity index (χ1) is 21.1. The number of amidine groups is 1. The van der Waals surface area contributed by atoms with Crippen LogP contribution in [-0.2, 0) is 33.9 Å². The molecule has 3 atom stereocenters. The number of benzene rings is 1. The van der Waals surface area contributed by atoms with E-state index in [4.69, 9.17) is 25.6 Å². The molecule has 2 saturated heterocycles. The molecule has 2 aliphatic rings. The Morgan fingerprint density at radius 3 is 2.53 bits per heavy atom. The average Bonchev–Trinajstić information content (AvgIpc) is 3.60. The molecular formula is C25H32N8O10S2. The summed E-state index contributed by atoms with van der Waals surface area (Å²) in [6, 6.07) is 5.28. The number of nitrogen functional groups attached to an aromatic ring is 1. The number of carbonyl (C=O) groups is 3. The smallest absolute Gasteiger partial charge is 0.418 e. The molecule has 0 saturated carbocycles. The fraction of sp³-hybridized carbons (Fsp3) is 0.440. The van der Waals surface area contributed by atoms with Gasteiger partial charge >= 0.3 is 16.4 Å². The second-order valence-electron chi connectivity index (χ2n) is 10.5. The molecule has 1 aromatic heterocycles. The molecule has 45 heavy (non-hydrogen) atoms. The van der Waals surface area contributed by atoms with Gasteiger partial charge in [-0.05, 0) is 58.0 Å². The van der Waals surface area contributed by atoms with E-state index in [0.717, 1.165) is 30.8 Å². The highest BCUT2D eigenvalue weighted by Crippen LogP contribution is 2.33. The fourth-order valence-electron chi connectivity index (χ4n) is 4.43. The number of oxime groups is 1. The zero-order valence-corrected chi connectivity index (χ0v) is 25.9. The van der Waals surface area contributed by atoms with E-state index in [9.17, 15) is 27.9 Å². The number of aromatic nitrogens is 1. The van der Waals surface area contributed by atoms with Crippen LogP contribution in [0.5, 0.6) is 5.75 Å². The van der Waals surface area contributed by atoms with Crippen molar-refractivity contribution in [1.29, 1.82) is 0 Å². The number of aryl methyl sites for hydroxylation is 1. The van der Waals surface area contributed by atoms with Crippen molar-refractivity contribution in [3.63, 3.8) is 0 Å². The van der Waals surface area contributed by atoms with Gasteiger partial charge < -0.3 is 36.8 Å². The van der Waals surface area contributed by atoms with E-state index in [2.05, 4.69) is 30.0 Å². The lowest BCUT2D eigenvalue weighted by atomic mass is 9.84. The number of β-lactam (4-membered cyclic amide) rings is 1. The number of hydrogen-bond acceptors (Lipinski definition) is 14. The molecule has 2 fully saturated rings. The summed E-state index contributed by atoms with van der Waals surface area (Å²) in [4.78, 5) is 52.0. The number of aliphatic carboxylic acids is 1. The van der Waals surface area contributed by atoms with Gasteiger partial charge in [0, 0.05) is 17.0 Å². The van der Waals surface area contributed by atoms with E-state index in [1.807, 2.05) is 0 Å². The number of hydroxylamine groups is 2. The molecule has 2 amide bonds. The second-order valence-corrected chi connectivity index (χ2v) is 12.8. The van der Waals surface area contributed by atoms with Gasteiger partial charge in [-0.15, -0.1) is 15.6 Å². The maximum Gasteiger partial charge on any atom is 0.418 e. The van der Waals surface area contributed by atoms with E-state index in [1.165, 1.54) is 13.8 Å². The summed E-state index contributed by atoms with van der Waals surface area (Å²) in [5, 5.41) is 19.5. The predicted molar refractivity (Wildman–Crippen MR) is 160 cm³/mol. The molecule has 3 heterocycles. The van der Waals surface area contributed by atoms with E-state index in [1.54, 1.807) is 31.2 Å². The Balaban J connectivity index is 1.47. The molecule has 18 nitrogen and oxygen atoms in total. The Morgan fingerprint density at radius 2 is 2.00 bits per heavy atom. The van der Waals surface area contributed by atoms with Gasteiger partial charge in [0.2, 0.25) is 0 Å². The zero-order valence-electron chi connectivity index (χ0n) is 24.3. The van der Waals surface area contributed by atoms with Crippen molar-refractivity contribution in [2.24, 2.45) is 15.9 Å². The molecule has 2 aliphatic heterocycles. The summed E-state index contributed by atoms with van der Waals surface area (Å²) in [5.41, 5.74) is 10.6. The third kappa shape index (κ3) is 8.02. The molecule has 244 valence electrons. The van der Waals surface area contributed by atoms with Gasteiger partial charge in [-0.1, -0.05) is 5.16 Å². The van der Waals surface area contributed by atoms with Crippen molar-refractivity contribution in [3.05, 3.63) is 40.4 Å². The molecule has 4 rings (SSSR count). The summed E-state index contributed by atoms with van der Waals surface area (Å²) < 4.78 is 41.0. The van der Waals surface area contributed by atoms with Crippen LogP contribution in [0.1, 0.15) is 36.4 Å². The lowest BCUT2D eigenvalue weighted by molar-refractivity contribution is -0.218. The minimum absolute atomic E-state index is 0.0427. The minimum atomic E-state index is -5.02. The van der Waals surface area contributed by atoms with Gasteiger partial charge in [0.25, 0.3) is 17.9 Å². The number of aliphatic imine (C=N–C) groups is 1. The monoisotopic (exact) mass is 668 g/mol. The van der Waals surface area contributed by atoms with Gasteiger partial charge in [0.1, 0.15) is 29.9 Å². The number of carboxylic acids is 1. The van der Waals surface area contributed by atoms with Crippen LogP contribution in [0, 0.1) is 6.92 Å². The van der Waals surface area contributed by atoms with Gasteiger partial charge in [0.15, 0.2) is 10.8 Å². The number of nitrogens with zero attached hydrogens (tertiary/aromatic N) is 4. The second kappa shape index (κ2) is 13.3. The van der Waals surface area contributed by atoms with E-state index >= 15 is 0 Å². The number of ether oxygens (including phenoxy) is 1. The van der Waals surface area contributed by atoms with Crippen molar-refractivity contribution in [3.8, 4) is 5.75 Å². The van der Waals surface area contributed by atoms with Crippen LogP contribution in [-0.4, -0.2) is 101 Å². The minimum Gasteiger partial charge on any atom is -0.489 e. The van der Waals surface area contributed by atoms with Crippen LogP contribution < -0.4 is 26.8 Å². The van der Waals surface area contributed by atoms with Gasteiger partial charge in [-0.3, -0.25) is 19.1 Å². The molecule has 0 aliphatic carbocycles. The van der Waals surface area contributed by atoms with Gasteiger partial charge in [0.05, 0.1) is 11.6 Å². The lowest BCUT2D eigenvalue weighted by Gasteiger charge is -2.50. The third-order valence-electron chi connectivity index (χ3n) is 6.83. The first-order valence-corrected chi connectivity index (χ1v) is 15.5. The summed E-state index contributed by atoms with van der Waals surface area (Å²) in [6.07, 6.45) is -0.799. The number of thiazole rings is 1. The van der Waals surface area contributed by atoms with Crippen LogP contribution in [0.25, 0.3) is 0 Å². The Labute approximate surface area is 261 Å². The molecule has 0 radical (unpaired) electrons. The Morgan fingerprint density at radius 1 is 1.31 bits per heavy atom. The number of hydrogen-bond donors (Lipinski definition) is 6. The molecule has 8 N–H and O–H groups in total. The fourth-order valence-corrected chi connectivity index (χ4v) is 5.57. The quantitative estimate of drug-likeness (QED) is 0.0501. The Kier molecular flexibility index (Phi) is 9.92. The Hall–Kier alpha value is -4.37. The number of nitrogens with two attached hydrogens (primary N) is 2. The highest BCUT2D eigenvalue weighted by atomic mass is 32.3. The van der Waals surface area contributed by atoms with Crippen molar-refractivity contribution in [2.45, 2.75) is 50.9 Å². The summed E-state index contributed by atoms with van der Waals surface area (Å²) in [5.74, 6) is -2.80. The number of nitrogens with one attached hydrogen (secondary N) is 2. The first kappa shape index (κ1) is 33.5. The van der Waals surface area contributed by atoms with E-state index < -0.39 is 58.2 Å². The summed E-state index contributed by atoms with van der Waals surface area (Å²) in [6.45, 7) is 5.42. The standard InChI is InChI=1S/C25H32N8O10S2/c1-12-17(30-24(27)44-12)18(21(34)31-19-22(35)33(25(19,2)3)43-45(38,39)40)32-42-16(23(36)37)11-41-15-6-4-13(5-7-15)20(26)29-14-8-9-28-10-14/h4-7,14,16,19,28H,8-11H2,1-3H3,(H2,26,29)(H2,27,30)(H,31,34)(H,36,37)(H,38,39,40)/b32-18-/t14-,16?,19-/m1/s1. The van der Waals surface area contributed by atoms with Gasteiger partial charge in [-0.2, -0.15) is 13.5 Å². The average molecular weight is 669 g/mol. The molecule has 2 aromatic rings. The number of carbonyl (C=O) groups excluding carboxylic acids is 2. The zero-order chi connectivity index (χ0) is 33.1. The van der Waals surface area contributed by atoms with Crippen molar-refractivity contribution in [1.82, 2.24) is 20.7 Å². The largest absolute Gasteiger partial charge is 0.489 e. The molecule has 1 aromatic carbocycles. The van der Waals surface area contributed by atoms with Crippen LogP contribution in [0.2, 0.25) is 0 Å². The maximum atomic E-state index is 13.3. The predicted octanol–water partition coefficient (Wildman–Crippen LogP) is -0.806. The van der Waals surface area contributed by atoms with Crippen molar-refractivity contribution < 1.29 is 46.3 Å². The number of amides is 2. The molecule has 1 unspecified atom stereocenters. The van der Waals surface area contributed by atoms with Gasteiger partial charge in [-0.25, -0.2) is 9.78 Å². The normalized spacial score (nSPS) is 20.8. The molecule has 0 bridgehead atoms. The lowest BCUT2D eigenvalue weighted by Crippen LogP contribution is -2.76. The van der Waals surface area contributed by atoms with Crippen molar-refractivity contribution >= 4 is 56.2 Å². The van der Waals surface area contributed by atoms with Crippen LogP contribution >= 0.6 is 11.3 Å². The van der Waals surface area contributed by atoms with Crippen LogP contribution in [0.4, 0.5) is 5.13 Å². The van der Waals surface area contributed by atoms with Crippen LogP contribution in [0.3, 0.4) is 0 Å². The third-order valence-corrected chi connectivity index (χ3v) is 7.97. The molecule has 0 spiro atoms. The topological polar surface area (TPSA) is 270 Å². The first-order valence-electron chi connectivity index (χ1n) is 13.4. The molecular weight excluding hydrogens is 636 g/mol. The number of rotatable bonds is 13.